The highest BCUT2D eigenvalue weighted by atomic mass is 16.4. The molecule has 0 heterocycles. The van der Waals surface area contributed by atoms with Crippen molar-refractivity contribution in [2.45, 2.75) is 25.8 Å². The molecule has 0 aliphatic rings. The van der Waals surface area contributed by atoms with Crippen molar-refractivity contribution in [1.82, 2.24) is 4.90 Å². The van der Waals surface area contributed by atoms with Gasteiger partial charge in [0.2, 0.25) is 0 Å². The van der Waals surface area contributed by atoms with Crippen molar-refractivity contribution in [3.8, 4) is 0 Å². The van der Waals surface area contributed by atoms with Gasteiger partial charge < -0.3 is 10.8 Å². The van der Waals surface area contributed by atoms with Crippen molar-refractivity contribution in [2.24, 2.45) is 5.73 Å². The number of carboxylic acid groups (broad SMARTS) is 1. The van der Waals surface area contributed by atoms with Gasteiger partial charge in [-0.05, 0) is 33.9 Å². The minimum atomic E-state index is -0.804. The molecule has 0 unspecified atom stereocenters. The van der Waals surface area contributed by atoms with Crippen LogP contribution in [-0.2, 0) is 4.79 Å². The highest BCUT2D eigenvalue weighted by Crippen LogP contribution is 2.11. The lowest BCUT2D eigenvalue weighted by Gasteiger charge is -2.31. The highest BCUT2D eigenvalue weighted by Gasteiger charge is 2.31. The van der Waals surface area contributed by atoms with Gasteiger partial charge in [0.25, 0.3) is 0 Å². The Kier molecular flexibility index (Phi) is 4.20. The lowest BCUT2D eigenvalue weighted by molar-refractivity contribution is -0.148. The first-order valence-corrected chi connectivity index (χ1v) is 4.07. The van der Waals surface area contributed by atoms with Crippen LogP contribution in [0.5, 0.6) is 0 Å². The van der Waals surface area contributed by atoms with E-state index in [9.17, 15) is 4.79 Å². The van der Waals surface area contributed by atoms with Crippen LogP contribution in [0.25, 0.3) is 0 Å². The van der Waals surface area contributed by atoms with Gasteiger partial charge in [0.05, 0.1) is 0 Å². The Balaban J connectivity index is 4.06. The second kappa shape index (κ2) is 4.42. The maximum absolute atomic E-state index is 10.8. The first kappa shape index (κ1) is 11.4. The molecule has 0 aromatic rings. The van der Waals surface area contributed by atoms with Crippen molar-refractivity contribution < 1.29 is 9.90 Å². The van der Waals surface area contributed by atoms with Gasteiger partial charge in [-0.3, -0.25) is 9.69 Å². The van der Waals surface area contributed by atoms with Gasteiger partial charge in [-0.25, -0.2) is 0 Å². The van der Waals surface area contributed by atoms with Crippen LogP contribution in [0.2, 0.25) is 0 Å². The molecular weight excluding hydrogens is 156 g/mol. The summed E-state index contributed by atoms with van der Waals surface area (Å²) in [4.78, 5) is 12.5. The summed E-state index contributed by atoms with van der Waals surface area (Å²) in [5.41, 5.74) is 4.53. The molecule has 0 aliphatic carbocycles. The number of aliphatic carboxylic acids is 1. The van der Waals surface area contributed by atoms with E-state index in [-0.39, 0.29) is 0 Å². The minimum absolute atomic E-state index is 0.597. The monoisotopic (exact) mass is 174 g/mol. The molecular formula is C8H18N2O2. The number of rotatable bonds is 5. The van der Waals surface area contributed by atoms with Crippen molar-refractivity contribution in [1.29, 1.82) is 0 Å². The van der Waals surface area contributed by atoms with E-state index in [0.29, 0.717) is 6.54 Å². The average molecular weight is 174 g/mol. The van der Waals surface area contributed by atoms with Gasteiger partial charge in [0, 0.05) is 6.54 Å². The fourth-order valence-corrected chi connectivity index (χ4v) is 0.771. The van der Waals surface area contributed by atoms with Crippen molar-refractivity contribution in [2.75, 3.05) is 20.1 Å². The summed E-state index contributed by atoms with van der Waals surface area (Å²) < 4.78 is 0. The number of nitrogens with zero attached hydrogens (tertiary/aromatic N) is 1. The molecule has 4 nitrogen and oxygen atoms in total. The summed E-state index contributed by atoms with van der Waals surface area (Å²) in [6, 6.07) is 0. The molecule has 0 fully saturated rings. The van der Waals surface area contributed by atoms with E-state index in [2.05, 4.69) is 0 Å². The zero-order chi connectivity index (χ0) is 9.78. The van der Waals surface area contributed by atoms with E-state index in [4.69, 9.17) is 10.8 Å². The van der Waals surface area contributed by atoms with E-state index in [1.165, 1.54) is 0 Å². The molecule has 0 radical (unpaired) electrons. The lowest BCUT2D eigenvalue weighted by Crippen LogP contribution is -2.48. The van der Waals surface area contributed by atoms with Crippen LogP contribution in [0, 0.1) is 0 Å². The number of carboxylic acids is 1. The van der Waals surface area contributed by atoms with Crippen LogP contribution in [0.4, 0.5) is 0 Å². The van der Waals surface area contributed by atoms with Crippen molar-refractivity contribution >= 4 is 5.97 Å². The van der Waals surface area contributed by atoms with Gasteiger partial charge >= 0.3 is 5.97 Å². The first-order valence-electron chi connectivity index (χ1n) is 4.07. The van der Waals surface area contributed by atoms with Gasteiger partial charge in [-0.2, -0.15) is 0 Å². The Bertz CT molecular complexity index is 157. The molecule has 12 heavy (non-hydrogen) atoms. The second-order valence-corrected chi connectivity index (χ2v) is 3.43. The summed E-state index contributed by atoms with van der Waals surface area (Å²) in [6.07, 6.45) is 0.827. The molecule has 0 amide bonds. The fourth-order valence-electron chi connectivity index (χ4n) is 0.771. The van der Waals surface area contributed by atoms with E-state index in [0.717, 1.165) is 13.0 Å². The third-order valence-electron chi connectivity index (χ3n) is 2.18. The normalized spacial score (nSPS) is 12.1. The topological polar surface area (TPSA) is 66.6 Å². The maximum Gasteiger partial charge on any atom is 0.323 e. The second-order valence-electron chi connectivity index (χ2n) is 3.43. The van der Waals surface area contributed by atoms with E-state index in [1.807, 2.05) is 0 Å². The Labute approximate surface area is 73.3 Å². The molecule has 4 heteroatoms. The summed E-state index contributed by atoms with van der Waals surface area (Å²) in [6.45, 7) is 4.69. The quantitative estimate of drug-likeness (QED) is 0.621. The summed E-state index contributed by atoms with van der Waals surface area (Å²) in [5, 5.41) is 8.84. The Morgan fingerprint density at radius 1 is 1.58 bits per heavy atom. The third kappa shape index (κ3) is 2.79. The van der Waals surface area contributed by atoms with Crippen LogP contribution in [0.1, 0.15) is 20.3 Å². The molecule has 0 aliphatic heterocycles. The van der Waals surface area contributed by atoms with Gasteiger partial charge in [0.15, 0.2) is 0 Å². The van der Waals surface area contributed by atoms with Gasteiger partial charge in [0.1, 0.15) is 5.54 Å². The SMILES string of the molecule is CN(CCCN)C(C)(C)C(=O)O. The number of nitrogens with two attached hydrogens (primary N) is 1. The molecule has 0 aromatic heterocycles. The maximum atomic E-state index is 10.8. The predicted octanol–water partition coefficient (Wildman–Crippen LogP) is 0.130. The number of likely N-dealkylation sites (N-methyl/N-ethyl adjacent to an activating group) is 1. The van der Waals surface area contributed by atoms with Crippen molar-refractivity contribution in [3.05, 3.63) is 0 Å². The fraction of sp³-hybridized carbons (Fsp3) is 0.875. The number of carbonyl (C=O) groups is 1. The van der Waals surface area contributed by atoms with Crippen LogP contribution in [0.3, 0.4) is 0 Å². The zero-order valence-electron chi connectivity index (χ0n) is 8.00. The standard InChI is InChI=1S/C8H18N2O2/c1-8(2,7(11)12)10(3)6-4-5-9/h4-6,9H2,1-3H3,(H,11,12). The molecule has 0 rings (SSSR count). The summed E-state index contributed by atoms with van der Waals surface area (Å²) in [5.74, 6) is -0.804. The summed E-state index contributed by atoms with van der Waals surface area (Å²) in [7, 11) is 1.80. The van der Waals surface area contributed by atoms with Gasteiger partial charge in [-0.1, -0.05) is 0 Å². The predicted molar refractivity (Wildman–Crippen MR) is 48.0 cm³/mol. The third-order valence-corrected chi connectivity index (χ3v) is 2.18. The Morgan fingerprint density at radius 2 is 2.08 bits per heavy atom. The molecule has 0 atom stereocenters. The summed E-state index contributed by atoms with van der Waals surface area (Å²) >= 11 is 0. The Morgan fingerprint density at radius 3 is 2.42 bits per heavy atom. The first-order chi connectivity index (χ1) is 5.42. The largest absolute Gasteiger partial charge is 0.480 e. The Hall–Kier alpha value is -0.610. The van der Waals surface area contributed by atoms with E-state index >= 15 is 0 Å². The van der Waals surface area contributed by atoms with E-state index < -0.39 is 11.5 Å². The number of hydrogen-bond donors (Lipinski definition) is 2. The molecule has 72 valence electrons. The zero-order valence-corrected chi connectivity index (χ0v) is 8.00. The van der Waals surface area contributed by atoms with Crippen LogP contribution in [0.15, 0.2) is 0 Å². The lowest BCUT2D eigenvalue weighted by atomic mass is 10.0. The van der Waals surface area contributed by atoms with Crippen LogP contribution in [-0.4, -0.2) is 41.7 Å². The van der Waals surface area contributed by atoms with Crippen molar-refractivity contribution in [3.63, 3.8) is 0 Å². The number of hydrogen-bond acceptors (Lipinski definition) is 3. The van der Waals surface area contributed by atoms with Gasteiger partial charge in [-0.15, -0.1) is 0 Å². The van der Waals surface area contributed by atoms with Crippen LogP contribution < -0.4 is 5.73 Å². The molecule has 0 spiro atoms. The molecule has 0 bridgehead atoms. The molecule has 0 saturated carbocycles. The minimum Gasteiger partial charge on any atom is -0.480 e. The highest BCUT2D eigenvalue weighted by molar-refractivity contribution is 5.77. The van der Waals surface area contributed by atoms with E-state index in [1.54, 1.807) is 25.8 Å². The van der Waals surface area contributed by atoms with Crippen LogP contribution >= 0.6 is 0 Å². The smallest absolute Gasteiger partial charge is 0.323 e. The molecule has 0 saturated heterocycles. The molecule has 3 N–H and O–H groups in total. The average Bonchev–Trinajstić information content (AvgIpc) is 1.99. The molecule has 0 aromatic carbocycles.